The zero-order valence-corrected chi connectivity index (χ0v) is 13.0. The minimum absolute atomic E-state index is 0.0568. The molecule has 0 saturated heterocycles. The molecule has 0 radical (unpaired) electrons. The van der Waals surface area contributed by atoms with Crippen molar-refractivity contribution in [3.05, 3.63) is 18.2 Å². The molecule has 0 aliphatic heterocycles. The molecule has 1 atom stereocenters. The van der Waals surface area contributed by atoms with Crippen molar-refractivity contribution < 1.29 is 34.0 Å². The number of carboxylic acid groups (broad SMARTS) is 1. The highest BCUT2D eigenvalue weighted by atomic mass is 16.5. The van der Waals surface area contributed by atoms with Gasteiger partial charge in [-0.25, -0.2) is 4.79 Å². The van der Waals surface area contributed by atoms with Gasteiger partial charge in [-0.1, -0.05) is 12.0 Å². The van der Waals surface area contributed by atoms with Crippen LogP contribution in [0.1, 0.15) is 0 Å². The first-order valence-corrected chi connectivity index (χ1v) is 6.47. The van der Waals surface area contributed by atoms with E-state index in [1.165, 1.54) is 14.2 Å². The molecule has 0 aliphatic rings. The molecular weight excluding hydrogens is 306 g/mol. The lowest BCUT2D eigenvalue weighted by molar-refractivity contribution is 0.0218. The zero-order valence-electron chi connectivity index (χ0n) is 13.0. The highest BCUT2D eigenvalue weighted by Crippen LogP contribution is 2.36. The van der Waals surface area contributed by atoms with Gasteiger partial charge >= 0.3 is 6.09 Å². The van der Waals surface area contributed by atoms with Crippen LogP contribution in [0.25, 0.3) is 0 Å². The number of amides is 1. The molecule has 0 bridgehead atoms. The van der Waals surface area contributed by atoms with Gasteiger partial charge in [0.15, 0.2) is 11.5 Å². The van der Waals surface area contributed by atoms with Crippen molar-refractivity contribution >= 4 is 6.09 Å². The average Bonchev–Trinajstić information content (AvgIpc) is 2.52. The second-order valence-electron chi connectivity index (χ2n) is 4.01. The summed E-state index contributed by atoms with van der Waals surface area (Å²) in [7, 11) is 3.07. The van der Waals surface area contributed by atoms with Crippen LogP contribution in [-0.4, -0.2) is 56.5 Å². The van der Waals surface area contributed by atoms with Gasteiger partial charge in [0, 0.05) is 0 Å². The molecule has 0 spiro atoms. The number of benzene rings is 1. The van der Waals surface area contributed by atoms with Crippen LogP contribution >= 0.6 is 0 Å². The Morgan fingerprint density at radius 1 is 1.30 bits per heavy atom. The molecule has 1 amide bonds. The molecule has 0 heterocycles. The molecule has 128 valence electrons. The Bertz CT molecular complexity index is 487. The summed E-state index contributed by atoms with van der Waals surface area (Å²) in [6, 6.07) is 5.29. The van der Waals surface area contributed by atoms with Crippen LogP contribution in [0.15, 0.2) is 18.2 Å². The fraction of sp³-hybridized carbons (Fsp3) is 0.400. The Morgan fingerprint density at radius 3 is 2.26 bits per heavy atom. The van der Waals surface area contributed by atoms with Gasteiger partial charge in [0.05, 0.1) is 20.8 Å². The van der Waals surface area contributed by atoms with Gasteiger partial charge in [0.1, 0.15) is 19.3 Å². The van der Waals surface area contributed by atoms with E-state index in [4.69, 9.17) is 35.3 Å². The molecule has 0 saturated carbocycles. The van der Waals surface area contributed by atoms with Crippen LogP contribution < -0.4 is 19.9 Å². The summed E-state index contributed by atoms with van der Waals surface area (Å²) in [5, 5.41) is 16.9. The third-order valence-corrected chi connectivity index (χ3v) is 2.30. The monoisotopic (exact) mass is 327 g/mol. The van der Waals surface area contributed by atoms with Gasteiger partial charge in [0.2, 0.25) is 5.75 Å². The molecule has 8 nitrogen and oxygen atoms in total. The first-order chi connectivity index (χ1) is 11.0. The van der Waals surface area contributed by atoms with E-state index in [1.807, 2.05) is 0 Å². The van der Waals surface area contributed by atoms with Crippen molar-refractivity contribution in [3.63, 3.8) is 0 Å². The molecule has 1 aromatic carbocycles. The highest BCUT2D eigenvalue weighted by Gasteiger charge is 2.13. The van der Waals surface area contributed by atoms with E-state index in [1.54, 1.807) is 18.2 Å². The zero-order chi connectivity index (χ0) is 17.7. The minimum Gasteiger partial charge on any atom is -0.493 e. The summed E-state index contributed by atoms with van der Waals surface area (Å²) < 4.78 is 20.9. The van der Waals surface area contributed by atoms with Crippen LogP contribution in [0.2, 0.25) is 0 Å². The Balaban J connectivity index is 0.00000108. The summed E-state index contributed by atoms with van der Waals surface area (Å²) >= 11 is 0. The van der Waals surface area contributed by atoms with Crippen molar-refractivity contribution in [2.45, 2.75) is 6.10 Å². The van der Waals surface area contributed by atoms with Crippen molar-refractivity contribution in [1.82, 2.24) is 0 Å². The summed E-state index contributed by atoms with van der Waals surface area (Å²) in [6.07, 6.45) is 2.93. The number of ether oxygens (including phenoxy) is 4. The topological polar surface area (TPSA) is 120 Å². The van der Waals surface area contributed by atoms with Crippen LogP contribution in [0.3, 0.4) is 0 Å². The maximum atomic E-state index is 9.66. The minimum atomic E-state index is -1.33. The molecular formula is C15H21NO7. The normalized spacial score (nSPS) is 10.5. The summed E-state index contributed by atoms with van der Waals surface area (Å²) in [4.78, 5) is 8.78. The lowest BCUT2D eigenvalue weighted by Crippen LogP contribution is -2.23. The number of aliphatic hydroxyl groups excluding tert-OH is 1. The standard InChI is InChI=1S/C14H18O5.CH3NO2/c1-4-8-18-9-11(15)10-19-14-12(16-2)6-5-7-13(14)17-3;2-1(3)4/h1,5-7,11,15H,8-10H2,2-3H3;2H2,(H,3,4). The van der Waals surface area contributed by atoms with Crippen molar-refractivity contribution in [1.29, 1.82) is 0 Å². The van der Waals surface area contributed by atoms with Gasteiger partial charge in [-0.3, -0.25) is 0 Å². The quantitative estimate of drug-likeness (QED) is 0.475. The average molecular weight is 327 g/mol. The number of primary amides is 1. The number of nitrogens with two attached hydrogens (primary N) is 1. The van der Waals surface area contributed by atoms with Crippen molar-refractivity contribution in [2.24, 2.45) is 5.73 Å². The number of methoxy groups -OCH3 is 2. The van der Waals surface area contributed by atoms with E-state index in [2.05, 4.69) is 11.7 Å². The largest absolute Gasteiger partial charge is 0.493 e. The number of para-hydroxylation sites is 1. The number of carbonyl (C=O) groups is 1. The highest BCUT2D eigenvalue weighted by molar-refractivity contribution is 5.61. The number of terminal acetylenes is 1. The van der Waals surface area contributed by atoms with E-state index < -0.39 is 12.2 Å². The van der Waals surface area contributed by atoms with E-state index in [0.29, 0.717) is 17.2 Å². The Kier molecular flexibility index (Phi) is 10.6. The number of rotatable bonds is 8. The number of aliphatic hydroxyl groups is 1. The van der Waals surface area contributed by atoms with Crippen LogP contribution in [-0.2, 0) is 4.74 Å². The molecule has 4 N–H and O–H groups in total. The first-order valence-electron chi connectivity index (χ1n) is 6.47. The fourth-order valence-corrected chi connectivity index (χ4v) is 1.44. The Morgan fingerprint density at radius 2 is 1.83 bits per heavy atom. The third kappa shape index (κ3) is 9.08. The van der Waals surface area contributed by atoms with Gasteiger partial charge in [-0.05, 0) is 12.1 Å². The Hall–Kier alpha value is -2.63. The maximum Gasteiger partial charge on any atom is 0.402 e. The maximum absolute atomic E-state index is 9.66. The summed E-state index contributed by atoms with van der Waals surface area (Å²) in [5.41, 5.74) is 4.03. The second kappa shape index (κ2) is 12.0. The molecule has 0 fully saturated rings. The fourth-order valence-electron chi connectivity index (χ4n) is 1.44. The van der Waals surface area contributed by atoms with E-state index >= 15 is 0 Å². The smallest absolute Gasteiger partial charge is 0.402 e. The second-order valence-corrected chi connectivity index (χ2v) is 4.01. The predicted molar refractivity (Wildman–Crippen MR) is 82.9 cm³/mol. The van der Waals surface area contributed by atoms with Crippen molar-refractivity contribution in [3.8, 4) is 29.6 Å². The predicted octanol–water partition coefficient (Wildman–Crippen LogP) is 0.716. The summed E-state index contributed by atoms with van der Waals surface area (Å²) in [6.45, 7) is 0.331. The van der Waals surface area contributed by atoms with Crippen LogP contribution in [0.5, 0.6) is 17.2 Å². The number of hydrogen-bond acceptors (Lipinski definition) is 6. The molecule has 0 aromatic heterocycles. The molecule has 0 aliphatic carbocycles. The van der Waals surface area contributed by atoms with Gasteiger partial charge in [-0.2, -0.15) is 0 Å². The first kappa shape index (κ1) is 20.4. The molecule has 1 aromatic rings. The van der Waals surface area contributed by atoms with E-state index in [-0.39, 0.29) is 19.8 Å². The lowest BCUT2D eigenvalue weighted by atomic mass is 10.3. The molecule has 1 rings (SSSR count). The SMILES string of the molecule is C#CCOCC(O)COc1c(OC)cccc1OC.NC(=O)O. The number of hydrogen-bond donors (Lipinski definition) is 3. The van der Waals surface area contributed by atoms with Crippen LogP contribution in [0, 0.1) is 12.3 Å². The van der Waals surface area contributed by atoms with E-state index in [0.717, 1.165) is 0 Å². The third-order valence-electron chi connectivity index (χ3n) is 2.30. The van der Waals surface area contributed by atoms with Crippen molar-refractivity contribution in [2.75, 3.05) is 34.0 Å². The Labute approximate surface area is 134 Å². The van der Waals surface area contributed by atoms with Gasteiger partial charge in [-0.15, -0.1) is 6.42 Å². The van der Waals surface area contributed by atoms with E-state index in [9.17, 15) is 5.11 Å². The summed E-state index contributed by atoms with van der Waals surface area (Å²) in [5.74, 6) is 3.84. The van der Waals surface area contributed by atoms with Crippen LogP contribution in [0.4, 0.5) is 4.79 Å². The molecule has 1 unspecified atom stereocenters. The lowest BCUT2D eigenvalue weighted by Gasteiger charge is -2.16. The molecule has 8 heteroatoms. The van der Waals surface area contributed by atoms with Gasteiger partial charge in [0.25, 0.3) is 0 Å². The molecule has 23 heavy (non-hydrogen) atoms. The van der Waals surface area contributed by atoms with Gasteiger partial charge < -0.3 is 34.9 Å².